The third-order valence-electron chi connectivity index (χ3n) is 5.94. The fraction of sp³-hybridized carbons (Fsp3) is 0.250. The summed E-state index contributed by atoms with van der Waals surface area (Å²) in [5.41, 5.74) is 5.69. The number of hydrogen-bond acceptors (Lipinski definition) is 5. The van der Waals surface area contributed by atoms with E-state index in [4.69, 9.17) is 0 Å². The second-order valence-electron chi connectivity index (χ2n) is 8.37. The van der Waals surface area contributed by atoms with E-state index < -0.39 is 10.2 Å². The molecule has 1 fully saturated rings. The van der Waals surface area contributed by atoms with Gasteiger partial charge in [-0.2, -0.15) is 12.7 Å². The first-order valence-electron chi connectivity index (χ1n) is 10.9. The van der Waals surface area contributed by atoms with Crippen LogP contribution in [0.4, 0.5) is 11.5 Å². The Morgan fingerprint density at radius 3 is 2.18 bits per heavy atom. The lowest BCUT2D eigenvalue weighted by Gasteiger charge is -2.34. The summed E-state index contributed by atoms with van der Waals surface area (Å²) in [6, 6.07) is 17.7. The molecular formula is C24H26N6O2S. The molecule has 2 aromatic carbocycles. The highest BCUT2D eigenvalue weighted by Gasteiger charge is 2.28. The highest BCUT2D eigenvalue weighted by atomic mass is 32.2. The third kappa shape index (κ3) is 4.42. The van der Waals surface area contributed by atoms with Crippen molar-refractivity contribution in [3.8, 4) is 11.3 Å². The van der Waals surface area contributed by atoms with Crippen LogP contribution in [0.5, 0.6) is 0 Å². The van der Waals surface area contributed by atoms with E-state index in [1.54, 1.807) is 18.5 Å². The van der Waals surface area contributed by atoms with Crippen molar-refractivity contribution in [2.75, 3.05) is 35.8 Å². The van der Waals surface area contributed by atoms with Crippen molar-refractivity contribution in [3.05, 3.63) is 72.1 Å². The van der Waals surface area contributed by atoms with Gasteiger partial charge in [0.2, 0.25) is 0 Å². The number of aromatic amines is 1. The lowest BCUT2D eigenvalue weighted by atomic mass is 10.1. The number of H-pyrrole nitrogens is 1. The number of anilines is 2. The van der Waals surface area contributed by atoms with Crippen molar-refractivity contribution in [2.24, 2.45) is 0 Å². The van der Waals surface area contributed by atoms with Crippen LogP contribution in [0.2, 0.25) is 0 Å². The van der Waals surface area contributed by atoms with Crippen LogP contribution in [0.15, 0.2) is 60.9 Å². The summed E-state index contributed by atoms with van der Waals surface area (Å²) < 4.78 is 29.8. The van der Waals surface area contributed by atoms with Gasteiger partial charge in [0.25, 0.3) is 0 Å². The molecule has 0 radical (unpaired) electrons. The molecule has 2 aromatic heterocycles. The molecule has 0 unspecified atom stereocenters. The molecule has 3 heterocycles. The van der Waals surface area contributed by atoms with Gasteiger partial charge >= 0.3 is 10.2 Å². The predicted octanol–water partition coefficient (Wildman–Crippen LogP) is 3.72. The van der Waals surface area contributed by atoms with Crippen molar-refractivity contribution in [2.45, 2.75) is 13.8 Å². The van der Waals surface area contributed by atoms with E-state index >= 15 is 0 Å². The summed E-state index contributed by atoms with van der Waals surface area (Å²) in [6.45, 7) is 5.88. The van der Waals surface area contributed by atoms with E-state index in [0.29, 0.717) is 31.9 Å². The summed E-state index contributed by atoms with van der Waals surface area (Å²) in [5.74, 6) is 0.818. The fourth-order valence-corrected chi connectivity index (χ4v) is 5.25. The van der Waals surface area contributed by atoms with Gasteiger partial charge < -0.3 is 9.88 Å². The average Bonchev–Trinajstić information content (AvgIpc) is 3.25. The number of benzene rings is 2. The van der Waals surface area contributed by atoms with E-state index in [1.165, 1.54) is 9.87 Å². The Balaban J connectivity index is 1.33. The minimum absolute atomic E-state index is 0.377. The first-order valence-corrected chi connectivity index (χ1v) is 12.3. The molecular weight excluding hydrogens is 436 g/mol. The van der Waals surface area contributed by atoms with Gasteiger partial charge in [-0.15, -0.1) is 0 Å². The number of fused-ring (bicyclic) bond motifs is 1. The standard InChI is InChI=1S/C24H26N6O2S/c1-17-3-7-19(8-4-17)22-15-21-23(27-22)25-16-26-24(21)29-11-13-30(14-12-29)33(31,32)28-20-9-5-18(2)6-10-20/h3-10,15-16,28H,11-14H2,1-2H3,(H,25,26,27). The summed E-state index contributed by atoms with van der Waals surface area (Å²) in [7, 11) is -3.62. The van der Waals surface area contributed by atoms with Crippen LogP contribution in [-0.2, 0) is 10.2 Å². The molecule has 170 valence electrons. The van der Waals surface area contributed by atoms with Crippen LogP contribution in [0, 0.1) is 13.8 Å². The van der Waals surface area contributed by atoms with Crippen LogP contribution in [0.25, 0.3) is 22.3 Å². The smallest absolute Gasteiger partial charge is 0.301 e. The molecule has 0 spiro atoms. The molecule has 0 amide bonds. The van der Waals surface area contributed by atoms with Gasteiger partial charge in [0.05, 0.1) is 5.39 Å². The summed E-state index contributed by atoms with van der Waals surface area (Å²) in [4.78, 5) is 14.4. The molecule has 9 heteroatoms. The number of hydrogen-bond donors (Lipinski definition) is 2. The minimum atomic E-state index is -3.62. The lowest BCUT2D eigenvalue weighted by Crippen LogP contribution is -2.50. The fourth-order valence-electron chi connectivity index (χ4n) is 4.04. The van der Waals surface area contributed by atoms with Crippen molar-refractivity contribution < 1.29 is 8.42 Å². The zero-order chi connectivity index (χ0) is 23.0. The monoisotopic (exact) mass is 462 g/mol. The van der Waals surface area contributed by atoms with Crippen LogP contribution in [0.1, 0.15) is 11.1 Å². The van der Waals surface area contributed by atoms with E-state index in [0.717, 1.165) is 33.7 Å². The Morgan fingerprint density at radius 1 is 0.879 bits per heavy atom. The van der Waals surface area contributed by atoms with Gasteiger partial charge in [0.1, 0.15) is 17.8 Å². The molecule has 1 aliphatic heterocycles. The van der Waals surface area contributed by atoms with Gasteiger partial charge in [-0.3, -0.25) is 4.72 Å². The Bertz CT molecular complexity index is 1370. The molecule has 4 aromatic rings. The maximum Gasteiger partial charge on any atom is 0.301 e. The second kappa shape index (κ2) is 8.49. The maximum absolute atomic E-state index is 12.8. The SMILES string of the molecule is Cc1ccc(NS(=O)(=O)N2CCN(c3ncnc4[nH]c(-c5ccc(C)cc5)cc34)CC2)cc1. The van der Waals surface area contributed by atoms with E-state index in [-0.39, 0.29) is 0 Å². The first kappa shape index (κ1) is 21.4. The van der Waals surface area contributed by atoms with Crippen molar-refractivity contribution in [3.63, 3.8) is 0 Å². The van der Waals surface area contributed by atoms with Gasteiger partial charge in [-0.05, 0) is 37.6 Å². The third-order valence-corrected chi connectivity index (χ3v) is 7.48. The topological polar surface area (TPSA) is 94.2 Å². The molecule has 1 aliphatic rings. The lowest BCUT2D eigenvalue weighted by molar-refractivity contribution is 0.387. The van der Waals surface area contributed by atoms with Crippen LogP contribution >= 0.6 is 0 Å². The van der Waals surface area contributed by atoms with Crippen LogP contribution < -0.4 is 9.62 Å². The first-order chi connectivity index (χ1) is 15.9. The van der Waals surface area contributed by atoms with Crippen molar-refractivity contribution in [1.29, 1.82) is 0 Å². The Morgan fingerprint density at radius 2 is 1.52 bits per heavy atom. The minimum Gasteiger partial charge on any atom is -0.353 e. The number of rotatable bonds is 5. The Labute approximate surface area is 193 Å². The van der Waals surface area contributed by atoms with Crippen LogP contribution in [0.3, 0.4) is 0 Å². The Hall–Kier alpha value is -3.43. The summed E-state index contributed by atoms with van der Waals surface area (Å²) >= 11 is 0. The highest BCUT2D eigenvalue weighted by Crippen LogP contribution is 2.29. The van der Waals surface area contributed by atoms with Crippen molar-refractivity contribution >= 4 is 32.7 Å². The number of aryl methyl sites for hydroxylation is 2. The number of piperazine rings is 1. The quantitative estimate of drug-likeness (QED) is 0.471. The molecule has 33 heavy (non-hydrogen) atoms. The molecule has 0 atom stereocenters. The molecule has 0 aliphatic carbocycles. The van der Waals surface area contributed by atoms with Gasteiger partial charge in [-0.1, -0.05) is 47.5 Å². The van der Waals surface area contributed by atoms with Crippen molar-refractivity contribution in [1.82, 2.24) is 19.3 Å². The number of nitrogens with one attached hydrogen (secondary N) is 2. The summed E-state index contributed by atoms with van der Waals surface area (Å²) in [5, 5.41) is 0.933. The Kier molecular flexibility index (Phi) is 5.51. The average molecular weight is 463 g/mol. The highest BCUT2D eigenvalue weighted by molar-refractivity contribution is 7.90. The molecule has 0 bridgehead atoms. The van der Waals surface area contributed by atoms with Gasteiger partial charge in [-0.25, -0.2) is 9.97 Å². The largest absolute Gasteiger partial charge is 0.353 e. The summed E-state index contributed by atoms with van der Waals surface area (Å²) in [6.07, 6.45) is 1.55. The van der Waals surface area contributed by atoms with E-state index in [9.17, 15) is 8.42 Å². The normalized spacial score (nSPS) is 15.2. The second-order valence-corrected chi connectivity index (χ2v) is 10.0. The van der Waals surface area contributed by atoms with Gasteiger partial charge in [0.15, 0.2) is 0 Å². The zero-order valence-electron chi connectivity index (χ0n) is 18.6. The molecule has 0 saturated carbocycles. The van der Waals surface area contributed by atoms with E-state index in [1.807, 2.05) is 19.1 Å². The molecule has 1 saturated heterocycles. The van der Waals surface area contributed by atoms with Gasteiger partial charge in [0, 0.05) is 37.6 Å². The van der Waals surface area contributed by atoms with E-state index in [2.05, 4.69) is 61.8 Å². The molecule has 2 N–H and O–H groups in total. The predicted molar refractivity (Wildman–Crippen MR) is 132 cm³/mol. The number of aromatic nitrogens is 3. The van der Waals surface area contributed by atoms with Crippen LogP contribution in [-0.4, -0.2) is 53.9 Å². The molecule has 5 rings (SSSR count). The maximum atomic E-state index is 12.8. The number of nitrogens with zero attached hydrogens (tertiary/aromatic N) is 4. The zero-order valence-corrected chi connectivity index (χ0v) is 19.4. The molecule has 8 nitrogen and oxygen atoms in total.